The van der Waals surface area contributed by atoms with Gasteiger partial charge in [-0.25, -0.2) is 4.79 Å². The molecule has 114 valence electrons. The molecule has 1 aliphatic carbocycles. The number of methoxy groups -OCH3 is 1. The van der Waals surface area contributed by atoms with Gasteiger partial charge in [-0.05, 0) is 30.6 Å². The third-order valence-corrected chi connectivity index (χ3v) is 4.62. The Labute approximate surface area is 119 Å². The van der Waals surface area contributed by atoms with Crippen LogP contribution in [-0.2, 0) is 9.53 Å². The minimum atomic E-state index is -0.813. The van der Waals surface area contributed by atoms with Gasteiger partial charge < -0.3 is 20.1 Å². The van der Waals surface area contributed by atoms with Crippen LogP contribution in [0.1, 0.15) is 26.2 Å². The van der Waals surface area contributed by atoms with Gasteiger partial charge in [0.2, 0.25) is 0 Å². The fraction of sp³-hybridized carbons (Fsp3) is 0.857. The molecular weight excluding hydrogens is 260 g/mol. The van der Waals surface area contributed by atoms with Crippen LogP contribution in [0.15, 0.2) is 0 Å². The Morgan fingerprint density at radius 2 is 2.10 bits per heavy atom. The summed E-state index contributed by atoms with van der Waals surface area (Å²) < 4.78 is 5.09. The van der Waals surface area contributed by atoms with Gasteiger partial charge in [0.1, 0.15) is 0 Å². The Morgan fingerprint density at radius 1 is 1.40 bits per heavy atom. The molecule has 0 aromatic carbocycles. The van der Waals surface area contributed by atoms with Crippen molar-refractivity contribution in [3.8, 4) is 0 Å². The van der Waals surface area contributed by atoms with Gasteiger partial charge >= 0.3 is 12.0 Å². The summed E-state index contributed by atoms with van der Waals surface area (Å²) in [7, 11) is 1.69. The number of hydrogen-bond donors (Lipinski definition) is 2. The van der Waals surface area contributed by atoms with Gasteiger partial charge in [-0.1, -0.05) is 6.92 Å². The molecule has 20 heavy (non-hydrogen) atoms. The molecule has 2 N–H and O–H groups in total. The number of urea groups is 1. The molecule has 2 amide bonds. The standard InChI is InChI=1S/C14H24N2O4/c1-10-7-16(8-11(10)12(17)18)13(19)15-9-14(3-4-14)5-6-20-2/h10-11H,3-9H2,1-2H3,(H,15,19)(H,17,18). The Kier molecular flexibility index (Phi) is 4.52. The van der Waals surface area contributed by atoms with Crippen LogP contribution in [-0.4, -0.2) is 55.4 Å². The highest BCUT2D eigenvalue weighted by Crippen LogP contribution is 2.48. The van der Waals surface area contributed by atoms with E-state index in [0.29, 0.717) is 19.6 Å². The van der Waals surface area contributed by atoms with Crippen LogP contribution in [0.25, 0.3) is 0 Å². The normalized spacial score (nSPS) is 27.4. The molecule has 1 saturated carbocycles. The highest BCUT2D eigenvalue weighted by Gasteiger charge is 2.43. The zero-order valence-corrected chi connectivity index (χ0v) is 12.2. The van der Waals surface area contributed by atoms with Crippen molar-refractivity contribution in [3.05, 3.63) is 0 Å². The van der Waals surface area contributed by atoms with E-state index in [2.05, 4.69) is 5.32 Å². The number of ether oxygens (including phenoxy) is 1. The lowest BCUT2D eigenvalue weighted by atomic mass is 9.99. The third kappa shape index (κ3) is 3.42. The van der Waals surface area contributed by atoms with Crippen molar-refractivity contribution in [2.24, 2.45) is 17.3 Å². The molecular formula is C14H24N2O4. The minimum absolute atomic E-state index is 0.0154. The molecule has 1 aliphatic heterocycles. The first kappa shape index (κ1) is 15.1. The second-order valence-electron chi connectivity index (χ2n) is 6.23. The summed E-state index contributed by atoms with van der Waals surface area (Å²) >= 11 is 0. The number of aliphatic carboxylic acids is 1. The van der Waals surface area contributed by atoms with Crippen LogP contribution in [0.5, 0.6) is 0 Å². The molecule has 2 unspecified atom stereocenters. The Bertz CT molecular complexity index is 381. The van der Waals surface area contributed by atoms with Gasteiger partial charge in [-0.2, -0.15) is 0 Å². The molecule has 6 heteroatoms. The van der Waals surface area contributed by atoms with Crippen molar-refractivity contribution in [1.82, 2.24) is 10.2 Å². The first-order valence-corrected chi connectivity index (χ1v) is 7.22. The molecule has 2 rings (SSSR count). The molecule has 2 fully saturated rings. The van der Waals surface area contributed by atoms with E-state index in [-0.39, 0.29) is 17.4 Å². The van der Waals surface area contributed by atoms with E-state index in [0.717, 1.165) is 25.9 Å². The fourth-order valence-corrected chi connectivity index (χ4v) is 2.84. The Morgan fingerprint density at radius 3 is 2.60 bits per heavy atom. The summed E-state index contributed by atoms with van der Waals surface area (Å²) in [6.45, 7) is 4.10. The number of hydrogen-bond acceptors (Lipinski definition) is 3. The van der Waals surface area contributed by atoms with Crippen molar-refractivity contribution in [2.45, 2.75) is 26.2 Å². The van der Waals surface area contributed by atoms with Gasteiger partial charge in [-0.15, -0.1) is 0 Å². The van der Waals surface area contributed by atoms with Crippen LogP contribution < -0.4 is 5.32 Å². The first-order chi connectivity index (χ1) is 9.47. The molecule has 0 aromatic heterocycles. The van der Waals surface area contributed by atoms with Crippen LogP contribution in [0.4, 0.5) is 4.79 Å². The second kappa shape index (κ2) is 5.99. The maximum atomic E-state index is 12.1. The summed E-state index contributed by atoms with van der Waals surface area (Å²) in [6, 6.07) is -0.135. The zero-order valence-electron chi connectivity index (χ0n) is 12.2. The molecule has 6 nitrogen and oxygen atoms in total. The number of rotatable bonds is 6. The highest BCUT2D eigenvalue weighted by molar-refractivity contribution is 5.77. The van der Waals surface area contributed by atoms with Crippen LogP contribution >= 0.6 is 0 Å². The average molecular weight is 284 g/mol. The summed E-state index contributed by atoms with van der Waals surface area (Å²) in [6.07, 6.45) is 3.23. The van der Waals surface area contributed by atoms with Gasteiger partial charge in [-0.3, -0.25) is 4.79 Å². The molecule has 0 radical (unpaired) electrons. The SMILES string of the molecule is COCCC1(CNC(=O)N2CC(C)C(C(=O)O)C2)CC1. The van der Waals surface area contributed by atoms with Crippen molar-refractivity contribution in [2.75, 3.05) is 33.4 Å². The number of carbonyl (C=O) groups is 2. The van der Waals surface area contributed by atoms with Gasteiger partial charge in [0.25, 0.3) is 0 Å². The number of carboxylic acids is 1. The van der Waals surface area contributed by atoms with E-state index >= 15 is 0 Å². The predicted octanol–water partition coefficient (Wildman–Crippen LogP) is 1.17. The first-order valence-electron chi connectivity index (χ1n) is 7.22. The average Bonchev–Trinajstić information content (AvgIpc) is 3.07. The number of amides is 2. The minimum Gasteiger partial charge on any atom is -0.481 e. The summed E-state index contributed by atoms with van der Waals surface area (Å²) in [5, 5.41) is 12.0. The van der Waals surface area contributed by atoms with Gasteiger partial charge in [0.15, 0.2) is 0 Å². The topological polar surface area (TPSA) is 78.9 Å². The second-order valence-corrected chi connectivity index (χ2v) is 6.23. The number of nitrogens with zero attached hydrogens (tertiary/aromatic N) is 1. The Hall–Kier alpha value is -1.30. The van der Waals surface area contributed by atoms with E-state index in [1.807, 2.05) is 6.92 Å². The maximum absolute atomic E-state index is 12.1. The largest absolute Gasteiger partial charge is 0.481 e. The third-order valence-electron chi connectivity index (χ3n) is 4.62. The quantitative estimate of drug-likeness (QED) is 0.767. The van der Waals surface area contributed by atoms with E-state index < -0.39 is 11.9 Å². The lowest BCUT2D eigenvalue weighted by Gasteiger charge is -2.20. The molecule has 0 spiro atoms. The van der Waals surface area contributed by atoms with Gasteiger partial charge in [0.05, 0.1) is 5.92 Å². The fourth-order valence-electron chi connectivity index (χ4n) is 2.84. The number of likely N-dealkylation sites (tertiary alicyclic amines) is 1. The van der Waals surface area contributed by atoms with Crippen LogP contribution in [0.2, 0.25) is 0 Å². The monoisotopic (exact) mass is 284 g/mol. The number of nitrogens with one attached hydrogen (secondary N) is 1. The molecule has 1 heterocycles. The lowest BCUT2D eigenvalue weighted by Crippen LogP contribution is -2.41. The molecule has 0 bridgehead atoms. The predicted molar refractivity (Wildman–Crippen MR) is 73.4 cm³/mol. The highest BCUT2D eigenvalue weighted by atomic mass is 16.5. The van der Waals surface area contributed by atoms with E-state index in [1.54, 1.807) is 12.0 Å². The Balaban J connectivity index is 1.77. The molecule has 2 atom stereocenters. The van der Waals surface area contributed by atoms with Crippen LogP contribution in [0.3, 0.4) is 0 Å². The summed E-state index contributed by atoms with van der Waals surface area (Å²) in [4.78, 5) is 24.8. The van der Waals surface area contributed by atoms with Crippen molar-refractivity contribution in [1.29, 1.82) is 0 Å². The molecule has 1 saturated heterocycles. The van der Waals surface area contributed by atoms with E-state index in [1.165, 1.54) is 0 Å². The smallest absolute Gasteiger partial charge is 0.317 e. The number of carbonyl (C=O) groups excluding carboxylic acids is 1. The van der Waals surface area contributed by atoms with E-state index in [9.17, 15) is 9.59 Å². The van der Waals surface area contributed by atoms with Crippen molar-refractivity contribution >= 4 is 12.0 Å². The van der Waals surface area contributed by atoms with Gasteiger partial charge in [0, 0.05) is 33.4 Å². The number of carboxylic acid groups (broad SMARTS) is 1. The van der Waals surface area contributed by atoms with Crippen molar-refractivity contribution in [3.63, 3.8) is 0 Å². The van der Waals surface area contributed by atoms with E-state index in [4.69, 9.17) is 9.84 Å². The van der Waals surface area contributed by atoms with Crippen molar-refractivity contribution < 1.29 is 19.4 Å². The van der Waals surface area contributed by atoms with Crippen LogP contribution in [0, 0.1) is 17.3 Å². The lowest BCUT2D eigenvalue weighted by molar-refractivity contribution is -0.142. The molecule has 2 aliphatic rings. The zero-order chi connectivity index (χ0) is 14.8. The summed E-state index contributed by atoms with van der Waals surface area (Å²) in [5.74, 6) is -1.24. The maximum Gasteiger partial charge on any atom is 0.317 e. The molecule has 0 aromatic rings. The summed E-state index contributed by atoms with van der Waals surface area (Å²) in [5.41, 5.74) is 0.212.